The lowest BCUT2D eigenvalue weighted by atomic mass is 10.1. The van der Waals surface area contributed by atoms with Crippen molar-refractivity contribution in [1.82, 2.24) is 15.4 Å². The quantitative estimate of drug-likeness (QED) is 0.435. The lowest BCUT2D eigenvalue weighted by Crippen LogP contribution is -2.21. The molecule has 0 radical (unpaired) electrons. The van der Waals surface area contributed by atoms with E-state index >= 15 is 0 Å². The van der Waals surface area contributed by atoms with Crippen molar-refractivity contribution in [2.45, 2.75) is 6.61 Å². The molecule has 0 saturated carbocycles. The molecule has 1 amide bonds. The lowest BCUT2D eigenvalue weighted by molar-refractivity contribution is 0.0702. The molecule has 100 valence electrons. The van der Waals surface area contributed by atoms with Crippen molar-refractivity contribution in [1.29, 1.82) is 0 Å². The molecule has 1 aromatic heterocycles. The van der Waals surface area contributed by atoms with Crippen LogP contribution in [0.1, 0.15) is 15.9 Å². The van der Waals surface area contributed by atoms with Crippen LogP contribution >= 0.6 is 0 Å². The molecule has 0 bridgehead atoms. The molecule has 0 atom stereocenters. The largest absolute Gasteiger partial charge is 0.472 e. The second-order valence-corrected chi connectivity index (χ2v) is 3.57. The van der Waals surface area contributed by atoms with Crippen LogP contribution in [0.5, 0.6) is 5.88 Å². The van der Waals surface area contributed by atoms with E-state index in [0.717, 1.165) is 6.07 Å². The monoisotopic (exact) mass is 267 g/mol. The van der Waals surface area contributed by atoms with Crippen LogP contribution in [0.3, 0.4) is 0 Å². The summed E-state index contributed by atoms with van der Waals surface area (Å²) < 4.78 is 18.8. The minimum Gasteiger partial charge on any atom is -0.472 e. The molecule has 19 heavy (non-hydrogen) atoms. The zero-order chi connectivity index (χ0) is 13.8. The van der Waals surface area contributed by atoms with Gasteiger partial charge in [0.15, 0.2) is 0 Å². The smallest absolute Gasteiger partial charge is 0.275 e. The summed E-state index contributed by atoms with van der Waals surface area (Å²) in [6, 6.07) is 5.22. The Labute approximate surface area is 106 Å². The van der Waals surface area contributed by atoms with Crippen LogP contribution in [0.25, 0.3) is 0 Å². The fourth-order valence-electron chi connectivity index (χ4n) is 1.50. The molecule has 0 spiro atoms. The summed E-state index contributed by atoms with van der Waals surface area (Å²) in [5.41, 5.74) is 1.35. The fraction of sp³-hybridized carbons (Fsp3) is 0.0909. The Morgan fingerprint density at radius 3 is 2.89 bits per heavy atom. The van der Waals surface area contributed by atoms with Crippen molar-refractivity contribution in [2.75, 3.05) is 0 Å². The molecular weight excluding hydrogens is 257 g/mol. The van der Waals surface area contributed by atoms with Gasteiger partial charge >= 0.3 is 0 Å². The number of amides is 1. The highest BCUT2D eigenvalue weighted by atomic mass is 19.1. The number of carbonyl (C=O) groups excluding carboxylic acids is 1. The highest BCUT2D eigenvalue weighted by Gasteiger charge is 2.15. The fourth-order valence-corrected chi connectivity index (χ4v) is 1.50. The number of benzene rings is 1. The van der Waals surface area contributed by atoms with Crippen molar-refractivity contribution in [3.8, 4) is 5.88 Å². The summed E-state index contributed by atoms with van der Waals surface area (Å²) in [7, 11) is 0. The molecule has 0 aliphatic rings. The van der Waals surface area contributed by atoms with E-state index in [-0.39, 0.29) is 23.6 Å². The van der Waals surface area contributed by atoms with Gasteiger partial charge in [-0.15, -0.1) is 4.85 Å². The molecule has 2 aromatic rings. The molecule has 0 saturated heterocycles. The van der Waals surface area contributed by atoms with Crippen LogP contribution < -0.4 is 10.2 Å². The zero-order valence-electron chi connectivity index (χ0n) is 9.58. The topological polar surface area (TPSA) is 96.6 Å². The first-order valence-corrected chi connectivity index (χ1v) is 5.21. The molecule has 0 unspecified atom stereocenters. The maximum Gasteiger partial charge on any atom is 0.275 e. The highest BCUT2D eigenvalue weighted by Crippen LogP contribution is 2.16. The van der Waals surface area contributed by atoms with E-state index in [4.69, 9.17) is 15.2 Å². The van der Waals surface area contributed by atoms with Crippen LogP contribution in [0.15, 0.2) is 30.5 Å². The van der Waals surface area contributed by atoms with Crippen molar-refractivity contribution in [3.63, 3.8) is 0 Å². The zero-order valence-corrected chi connectivity index (χ0v) is 9.58. The summed E-state index contributed by atoms with van der Waals surface area (Å²) in [6.45, 7) is -0.271. The predicted octanol–water partition coefficient (Wildman–Crippen LogP) is 0.958. The van der Waals surface area contributed by atoms with Gasteiger partial charge < -0.3 is 9.94 Å². The molecule has 2 rings (SSSR count). The maximum absolute atomic E-state index is 13.6. The first-order valence-electron chi connectivity index (χ1n) is 5.21. The van der Waals surface area contributed by atoms with Gasteiger partial charge in [-0.05, 0) is 12.1 Å². The van der Waals surface area contributed by atoms with Crippen molar-refractivity contribution >= 4 is 5.91 Å². The number of carbonyl (C=O) groups is 1. The number of nitrogens with one attached hydrogen (secondary N) is 1. The van der Waals surface area contributed by atoms with Crippen molar-refractivity contribution < 1.29 is 24.3 Å². The SMILES string of the molecule is O=C(NO)c1cccc(F)c1COc1ccn(O)n1. The standard InChI is InChI=1S/C11H10FN3O4/c12-9-3-1-2-7(11(16)14-17)8(9)6-19-10-4-5-15(18)13-10/h1-5,17-18H,6H2,(H,14,16). The number of hydrogen-bond donors (Lipinski definition) is 3. The number of halogens is 1. The van der Waals surface area contributed by atoms with Crippen molar-refractivity contribution in [3.05, 3.63) is 47.4 Å². The molecular formula is C11H10FN3O4. The van der Waals surface area contributed by atoms with Crippen LogP contribution in [0, 0.1) is 5.82 Å². The van der Waals surface area contributed by atoms with Gasteiger partial charge in [-0.1, -0.05) is 11.2 Å². The first kappa shape index (κ1) is 12.8. The third kappa shape index (κ3) is 2.80. The highest BCUT2D eigenvalue weighted by molar-refractivity contribution is 5.94. The summed E-state index contributed by atoms with van der Waals surface area (Å²) >= 11 is 0. The Morgan fingerprint density at radius 1 is 1.47 bits per heavy atom. The van der Waals surface area contributed by atoms with E-state index < -0.39 is 11.7 Å². The van der Waals surface area contributed by atoms with E-state index in [1.807, 2.05) is 0 Å². The molecule has 1 aromatic carbocycles. The molecule has 8 heteroatoms. The number of aromatic nitrogens is 2. The number of hydroxylamine groups is 1. The first-order chi connectivity index (χ1) is 9.11. The summed E-state index contributed by atoms with van der Waals surface area (Å²) in [6.07, 6.45) is 1.23. The van der Waals surface area contributed by atoms with Gasteiger partial charge in [-0.25, -0.2) is 9.87 Å². The third-order valence-corrected chi connectivity index (χ3v) is 2.38. The number of rotatable bonds is 4. The summed E-state index contributed by atoms with van der Waals surface area (Å²) in [4.78, 5) is 11.9. The van der Waals surface area contributed by atoms with E-state index in [2.05, 4.69) is 5.10 Å². The van der Waals surface area contributed by atoms with E-state index in [0.29, 0.717) is 4.85 Å². The minimum atomic E-state index is -0.842. The van der Waals surface area contributed by atoms with Crippen LogP contribution in [0.2, 0.25) is 0 Å². The van der Waals surface area contributed by atoms with Gasteiger partial charge in [-0.2, -0.15) is 0 Å². The van der Waals surface area contributed by atoms with E-state index in [1.165, 1.54) is 29.9 Å². The molecule has 0 aliphatic heterocycles. The van der Waals surface area contributed by atoms with Gasteiger partial charge in [0.05, 0.1) is 11.8 Å². The molecule has 1 heterocycles. The average molecular weight is 267 g/mol. The van der Waals surface area contributed by atoms with Gasteiger partial charge in [0.1, 0.15) is 12.4 Å². The van der Waals surface area contributed by atoms with Gasteiger partial charge in [-0.3, -0.25) is 10.0 Å². The van der Waals surface area contributed by atoms with Gasteiger partial charge in [0, 0.05) is 11.6 Å². The second-order valence-electron chi connectivity index (χ2n) is 3.57. The summed E-state index contributed by atoms with van der Waals surface area (Å²) in [5, 5.41) is 21.0. The molecule has 7 nitrogen and oxygen atoms in total. The molecule has 3 N–H and O–H groups in total. The number of hydrogen-bond acceptors (Lipinski definition) is 5. The predicted molar refractivity (Wildman–Crippen MR) is 59.4 cm³/mol. The Morgan fingerprint density at radius 2 is 2.26 bits per heavy atom. The molecule has 0 aliphatic carbocycles. The normalized spacial score (nSPS) is 10.2. The average Bonchev–Trinajstić information content (AvgIpc) is 2.82. The van der Waals surface area contributed by atoms with Crippen LogP contribution in [-0.2, 0) is 6.61 Å². The number of nitrogens with zero attached hydrogens (tertiary/aromatic N) is 2. The molecule has 0 fully saturated rings. The second kappa shape index (κ2) is 5.36. The Balaban J connectivity index is 2.21. The van der Waals surface area contributed by atoms with E-state index in [9.17, 15) is 9.18 Å². The van der Waals surface area contributed by atoms with Gasteiger partial charge in [0.25, 0.3) is 5.91 Å². The van der Waals surface area contributed by atoms with E-state index in [1.54, 1.807) is 0 Å². The maximum atomic E-state index is 13.6. The Kier molecular flexibility index (Phi) is 3.62. The van der Waals surface area contributed by atoms with Gasteiger partial charge in [0.2, 0.25) is 5.88 Å². The lowest BCUT2D eigenvalue weighted by Gasteiger charge is -2.09. The third-order valence-electron chi connectivity index (χ3n) is 2.38. The van der Waals surface area contributed by atoms with Crippen LogP contribution in [-0.4, -0.2) is 26.3 Å². The summed E-state index contributed by atoms with van der Waals surface area (Å²) in [5.74, 6) is -1.42. The number of ether oxygens (including phenoxy) is 1. The van der Waals surface area contributed by atoms with Crippen LogP contribution in [0.4, 0.5) is 4.39 Å². The Bertz CT molecular complexity index is 599. The minimum absolute atomic E-state index is 0.0264. The Hall–Kier alpha value is -2.61. The van der Waals surface area contributed by atoms with Crippen molar-refractivity contribution in [2.24, 2.45) is 0 Å².